The van der Waals surface area contributed by atoms with Gasteiger partial charge in [0.15, 0.2) is 0 Å². The lowest BCUT2D eigenvalue weighted by molar-refractivity contribution is -0.00164. The van der Waals surface area contributed by atoms with E-state index in [1.807, 2.05) is 12.1 Å². The van der Waals surface area contributed by atoms with E-state index in [1.54, 1.807) is 7.11 Å². The highest BCUT2D eigenvalue weighted by molar-refractivity contribution is 5.20. The summed E-state index contributed by atoms with van der Waals surface area (Å²) in [6.07, 6.45) is 2.31. The van der Waals surface area contributed by atoms with Crippen molar-refractivity contribution in [1.29, 1.82) is 0 Å². The minimum atomic E-state index is -0.190. The SMILES string of the molecule is COC1CCN(C(C)c2ccc(F)cc2)C(CN)C1. The zero-order valence-electron chi connectivity index (χ0n) is 11.7. The number of benzene rings is 1. The molecule has 1 saturated heterocycles. The van der Waals surface area contributed by atoms with Crippen LogP contribution in [0.5, 0.6) is 0 Å². The Kier molecular flexibility index (Phi) is 4.91. The first-order chi connectivity index (χ1) is 9.15. The normalized spacial score (nSPS) is 26.3. The Balaban J connectivity index is 2.09. The summed E-state index contributed by atoms with van der Waals surface area (Å²) in [7, 11) is 1.76. The second-order valence-corrected chi connectivity index (χ2v) is 5.24. The van der Waals surface area contributed by atoms with E-state index in [1.165, 1.54) is 12.1 Å². The lowest BCUT2D eigenvalue weighted by atomic mass is 9.95. The minimum absolute atomic E-state index is 0.190. The first-order valence-electron chi connectivity index (χ1n) is 6.89. The van der Waals surface area contributed by atoms with Crippen molar-refractivity contribution in [1.82, 2.24) is 4.90 Å². The van der Waals surface area contributed by atoms with Gasteiger partial charge in [0.05, 0.1) is 6.10 Å². The molecular formula is C15H23FN2O. The summed E-state index contributed by atoms with van der Waals surface area (Å²) in [6.45, 7) is 3.76. The molecule has 0 amide bonds. The number of piperidine rings is 1. The number of nitrogens with two attached hydrogens (primary N) is 1. The Morgan fingerprint density at radius 1 is 1.42 bits per heavy atom. The van der Waals surface area contributed by atoms with E-state index in [0.29, 0.717) is 18.7 Å². The topological polar surface area (TPSA) is 38.5 Å². The second kappa shape index (κ2) is 6.46. The van der Waals surface area contributed by atoms with Crippen LogP contribution in [0.4, 0.5) is 4.39 Å². The number of halogens is 1. The summed E-state index contributed by atoms with van der Waals surface area (Å²) < 4.78 is 18.4. The van der Waals surface area contributed by atoms with E-state index in [0.717, 1.165) is 24.9 Å². The molecule has 2 N–H and O–H groups in total. The molecule has 1 heterocycles. The molecule has 3 atom stereocenters. The lowest BCUT2D eigenvalue weighted by Gasteiger charge is -2.42. The quantitative estimate of drug-likeness (QED) is 0.909. The number of methoxy groups -OCH3 is 1. The molecule has 0 bridgehead atoms. The van der Waals surface area contributed by atoms with Gasteiger partial charge < -0.3 is 10.5 Å². The van der Waals surface area contributed by atoms with E-state index >= 15 is 0 Å². The van der Waals surface area contributed by atoms with Crippen molar-refractivity contribution >= 4 is 0 Å². The van der Waals surface area contributed by atoms with Gasteiger partial charge in [0.1, 0.15) is 5.82 Å². The van der Waals surface area contributed by atoms with Crippen LogP contribution in [0.1, 0.15) is 31.4 Å². The third kappa shape index (κ3) is 3.32. The first-order valence-corrected chi connectivity index (χ1v) is 6.89. The average Bonchev–Trinajstić information content (AvgIpc) is 2.46. The van der Waals surface area contributed by atoms with Crippen LogP contribution in [0.15, 0.2) is 24.3 Å². The van der Waals surface area contributed by atoms with Crippen LogP contribution in [0, 0.1) is 5.82 Å². The van der Waals surface area contributed by atoms with Crippen LogP contribution in [0.25, 0.3) is 0 Å². The summed E-state index contributed by atoms with van der Waals surface area (Å²) in [4.78, 5) is 2.41. The number of nitrogens with zero attached hydrogens (tertiary/aromatic N) is 1. The zero-order valence-corrected chi connectivity index (χ0v) is 11.7. The maximum absolute atomic E-state index is 13.0. The smallest absolute Gasteiger partial charge is 0.123 e. The molecule has 1 aliphatic heterocycles. The maximum atomic E-state index is 13.0. The number of likely N-dealkylation sites (tertiary alicyclic amines) is 1. The molecule has 0 aromatic heterocycles. The van der Waals surface area contributed by atoms with Gasteiger partial charge in [0, 0.05) is 32.3 Å². The van der Waals surface area contributed by atoms with Gasteiger partial charge in [-0.05, 0) is 37.5 Å². The van der Waals surface area contributed by atoms with Gasteiger partial charge in [-0.25, -0.2) is 4.39 Å². The molecule has 0 spiro atoms. The predicted molar refractivity (Wildman–Crippen MR) is 74.4 cm³/mol. The number of hydrogen-bond donors (Lipinski definition) is 1. The number of hydrogen-bond acceptors (Lipinski definition) is 3. The van der Waals surface area contributed by atoms with Crippen molar-refractivity contribution in [2.75, 3.05) is 20.2 Å². The van der Waals surface area contributed by atoms with Crippen LogP contribution in [-0.4, -0.2) is 37.2 Å². The van der Waals surface area contributed by atoms with Gasteiger partial charge in [-0.3, -0.25) is 4.90 Å². The number of rotatable bonds is 4. The average molecular weight is 266 g/mol. The van der Waals surface area contributed by atoms with Crippen LogP contribution in [0.2, 0.25) is 0 Å². The minimum Gasteiger partial charge on any atom is -0.381 e. The molecule has 2 rings (SSSR count). The molecule has 3 unspecified atom stereocenters. The summed E-state index contributed by atoms with van der Waals surface area (Å²) in [5, 5.41) is 0. The molecule has 19 heavy (non-hydrogen) atoms. The van der Waals surface area contributed by atoms with E-state index in [-0.39, 0.29) is 11.9 Å². The molecule has 1 aromatic rings. The van der Waals surface area contributed by atoms with Gasteiger partial charge in [0.2, 0.25) is 0 Å². The third-order valence-electron chi connectivity index (χ3n) is 4.17. The highest BCUT2D eigenvalue weighted by Crippen LogP contribution is 2.29. The van der Waals surface area contributed by atoms with E-state index in [4.69, 9.17) is 10.5 Å². The molecule has 0 saturated carbocycles. The molecule has 1 aliphatic rings. The third-order valence-corrected chi connectivity index (χ3v) is 4.17. The highest BCUT2D eigenvalue weighted by atomic mass is 19.1. The number of ether oxygens (including phenoxy) is 1. The van der Waals surface area contributed by atoms with Crippen molar-refractivity contribution in [3.8, 4) is 0 Å². The van der Waals surface area contributed by atoms with Gasteiger partial charge in [0.25, 0.3) is 0 Å². The Hall–Kier alpha value is -0.970. The molecule has 106 valence electrons. The fraction of sp³-hybridized carbons (Fsp3) is 0.600. The van der Waals surface area contributed by atoms with Crippen molar-refractivity contribution < 1.29 is 9.13 Å². The molecule has 3 nitrogen and oxygen atoms in total. The highest BCUT2D eigenvalue weighted by Gasteiger charge is 2.30. The van der Waals surface area contributed by atoms with E-state index in [2.05, 4.69) is 11.8 Å². The molecule has 0 aliphatic carbocycles. The Labute approximate surface area is 114 Å². The maximum Gasteiger partial charge on any atom is 0.123 e. The van der Waals surface area contributed by atoms with E-state index < -0.39 is 0 Å². The Morgan fingerprint density at radius 3 is 2.68 bits per heavy atom. The summed E-state index contributed by atoms with van der Waals surface area (Å²) in [5.41, 5.74) is 7.03. The molecule has 1 fully saturated rings. The second-order valence-electron chi connectivity index (χ2n) is 5.24. The fourth-order valence-corrected chi connectivity index (χ4v) is 2.92. The standard InChI is InChI=1S/C15H23FN2O/c1-11(12-3-5-13(16)6-4-12)18-8-7-15(19-2)9-14(18)10-17/h3-6,11,14-15H,7-10,17H2,1-2H3. The van der Waals surface area contributed by atoms with Crippen molar-refractivity contribution in [2.45, 2.75) is 38.0 Å². The molecular weight excluding hydrogens is 243 g/mol. The van der Waals surface area contributed by atoms with Gasteiger partial charge in [-0.15, -0.1) is 0 Å². The predicted octanol–water partition coefficient (Wildman–Crippen LogP) is 2.32. The van der Waals surface area contributed by atoms with Crippen molar-refractivity contribution in [3.05, 3.63) is 35.6 Å². The van der Waals surface area contributed by atoms with Crippen molar-refractivity contribution in [3.63, 3.8) is 0 Å². The van der Waals surface area contributed by atoms with Crippen LogP contribution in [-0.2, 0) is 4.74 Å². The Bertz CT molecular complexity index is 396. The molecule has 1 aromatic carbocycles. The zero-order chi connectivity index (χ0) is 13.8. The summed E-state index contributed by atoms with van der Waals surface area (Å²) >= 11 is 0. The lowest BCUT2D eigenvalue weighted by Crippen LogP contribution is -2.49. The van der Waals surface area contributed by atoms with Gasteiger partial charge in [-0.2, -0.15) is 0 Å². The monoisotopic (exact) mass is 266 g/mol. The largest absolute Gasteiger partial charge is 0.381 e. The first kappa shape index (κ1) is 14.4. The van der Waals surface area contributed by atoms with Gasteiger partial charge >= 0.3 is 0 Å². The van der Waals surface area contributed by atoms with Crippen molar-refractivity contribution in [2.24, 2.45) is 5.73 Å². The van der Waals surface area contributed by atoms with Gasteiger partial charge in [-0.1, -0.05) is 12.1 Å². The summed E-state index contributed by atoms with van der Waals surface area (Å²) in [6, 6.07) is 7.34. The summed E-state index contributed by atoms with van der Waals surface area (Å²) in [5.74, 6) is -0.190. The van der Waals surface area contributed by atoms with Crippen LogP contribution < -0.4 is 5.73 Å². The molecule has 4 heteroatoms. The molecule has 0 radical (unpaired) electrons. The fourth-order valence-electron chi connectivity index (χ4n) is 2.92. The van der Waals surface area contributed by atoms with Crippen LogP contribution in [0.3, 0.4) is 0 Å². The van der Waals surface area contributed by atoms with Crippen LogP contribution >= 0.6 is 0 Å². The Morgan fingerprint density at radius 2 is 2.11 bits per heavy atom. The van der Waals surface area contributed by atoms with E-state index in [9.17, 15) is 4.39 Å².